The van der Waals surface area contributed by atoms with Gasteiger partial charge in [0.2, 0.25) is 0 Å². The van der Waals surface area contributed by atoms with Gasteiger partial charge in [0.15, 0.2) is 0 Å². The van der Waals surface area contributed by atoms with Gasteiger partial charge in [-0.25, -0.2) is 5.06 Å². The molecule has 2 heterocycles. The molecule has 0 spiro atoms. The molecule has 1 amide bonds. The minimum atomic E-state index is -0.0356. The summed E-state index contributed by atoms with van der Waals surface area (Å²) in [6, 6.07) is 7.93. The molecule has 4 heteroatoms. The van der Waals surface area contributed by atoms with Gasteiger partial charge in [0.05, 0.1) is 12.2 Å². The Labute approximate surface area is 106 Å². The van der Waals surface area contributed by atoms with Crippen molar-refractivity contribution in [1.82, 2.24) is 9.63 Å². The quantitative estimate of drug-likeness (QED) is 0.771. The van der Waals surface area contributed by atoms with Gasteiger partial charge in [-0.15, -0.1) is 0 Å². The van der Waals surface area contributed by atoms with Crippen molar-refractivity contribution in [3.63, 3.8) is 0 Å². The Morgan fingerprint density at radius 2 is 2.11 bits per heavy atom. The van der Waals surface area contributed by atoms with Crippen molar-refractivity contribution in [2.24, 2.45) is 7.05 Å². The monoisotopic (exact) mass is 244 g/mol. The number of aryl methyl sites for hydroxylation is 1. The molecular formula is C14H16N2O2. The van der Waals surface area contributed by atoms with E-state index in [0.717, 1.165) is 29.3 Å². The Morgan fingerprint density at radius 3 is 2.89 bits per heavy atom. The van der Waals surface area contributed by atoms with E-state index >= 15 is 0 Å². The molecule has 3 rings (SSSR count). The van der Waals surface area contributed by atoms with Crippen LogP contribution in [0.2, 0.25) is 0 Å². The topological polar surface area (TPSA) is 34.5 Å². The molecule has 1 aliphatic rings. The molecule has 18 heavy (non-hydrogen) atoms. The summed E-state index contributed by atoms with van der Waals surface area (Å²) in [6.45, 7) is 1.32. The maximum absolute atomic E-state index is 12.4. The third-order valence-electron chi connectivity index (χ3n) is 3.36. The normalized spacial score (nSPS) is 16.2. The van der Waals surface area contributed by atoms with Gasteiger partial charge < -0.3 is 4.57 Å². The molecule has 4 nitrogen and oxygen atoms in total. The van der Waals surface area contributed by atoms with Crippen LogP contribution in [-0.4, -0.2) is 28.7 Å². The van der Waals surface area contributed by atoms with E-state index in [0.29, 0.717) is 13.2 Å². The third-order valence-corrected chi connectivity index (χ3v) is 3.36. The minimum Gasteiger partial charge on any atom is -0.350 e. The highest BCUT2D eigenvalue weighted by molar-refractivity contribution is 6.06. The summed E-state index contributed by atoms with van der Waals surface area (Å²) >= 11 is 0. The molecule has 0 aliphatic carbocycles. The van der Waals surface area contributed by atoms with Crippen LogP contribution in [0, 0.1) is 0 Å². The predicted molar refractivity (Wildman–Crippen MR) is 69.1 cm³/mol. The van der Waals surface area contributed by atoms with Crippen molar-refractivity contribution in [2.75, 3.05) is 13.2 Å². The van der Waals surface area contributed by atoms with Crippen LogP contribution in [0.15, 0.2) is 30.5 Å². The second-order valence-electron chi connectivity index (χ2n) is 4.62. The summed E-state index contributed by atoms with van der Waals surface area (Å²) in [7, 11) is 1.95. The van der Waals surface area contributed by atoms with Gasteiger partial charge in [0, 0.05) is 30.7 Å². The smallest absolute Gasteiger partial charge is 0.279 e. The van der Waals surface area contributed by atoms with Crippen molar-refractivity contribution >= 4 is 16.8 Å². The minimum absolute atomic E-state index is 0.0356. The lowest BCUT2D eigenvalue weighted by molar-refractivity contribution is -0.144. The van der Waals surface area contributed by atoms with Crippen molar-refractivity contribution < 1.29 is 9.63 Å². The Balaban J connectivity index is 2.00. The fraction of sp³-hybridized carbons (Fsp3) is 0.357. The average molecular weight is 244 g/mol. The summed E-state index contributed by atoms with van der Waals surface area (Å²) in [5.41, 5.74) is 1.79. The fourth-order valence-corrected chi connectivity index (χ4v) is 2.40. The first-order chi connectivity index (χ1) is 8.77. The van der Waals surface area contributed by atoms with Crippen LogP contribution in [0.4, 0.5) is 0 Å². The van der Waals surface area contributed by atoms with Crippen molar-refractivity contribution in [1.29, 1.82) is 0 Å². The van der Waals surface area contributed by atoms with Crippen molar-refractivity contribution in [2.45, 2.75) is 12.8 Å². The molecule has 1 saturated heterocycles. The molecular weight excluding hydrogens is 228 g/mol. The molecule has 0 unspecified atom stereocenters. The molecule has 0 saturated carbocycles. The average Bonchev–Trinajstić information content (AvgIpc) is 2.77. The number of hydrogen-bond acceptors (Lipinski definition) is 2. The standard InChI is InChI=1S/C14H16N2O2/c1-15-10-12(11-6-2-3-7-13(11)15)14(17)16-8-4-5-9-18-16/h2-3,6-7,10H,4-5,8-9H2,1H3. The first-order valence-corrected chi connectivity index (χ1v) is 6.26. The number of carbonyl (C=O) groups is 1. The van der Waals surface area contributed by atoms with Gasteiger partial charge in [-0.05, 0) is 18.9 Å². The molecule has 1 fully saturated rings. The summed E-state index contributed by atoms with van der Waals surface area (Å²) in [4.78, 5) is 17.8. The Morgan fingerprint density at radius 1 is 1.28 bits per heavy atom. The number of fused-ring (bicyclic) bond motifs is 1. The van der Waals surface area contributed by atoms with Crippen LogP contribution in [0.25, 0.3) is 10.9 Å². The Kier molecular flexibility index (Phi) is 2.80. The molecule has 0 N–H and O–H groups in total. The molecule has 1 aliphatic heterocycles. The van der Waals surface area contributed by atoms with Crippen LogP contribution in [0.1, 0.15) is 23.2 Å². The van der Waals surface area contributed by atoms with E-state index < -0.39 is 0 Å². The summed E-state index contributed by atoms with van der Waals surface area (Å²) in [5.74, 6) is -0.0356. The van der Waals surface area contributed by atoms with Crippen LogP contribution in [0.5, 0.6) is 0 Å². The zero-order valence-electron chi connectivity index (χ0n) is 10.4. The molecule has 1 aromatic heterocycles. The maximum Gasteiger partial charge on any atom is 0.279 e. The highest BCUT2D eigenvalue weighted by Crippen LogP contribution is 2.22. The van der Waals surface area contributed by atoms with E-state index in [9.17, 15) is 4.79 Å². The van der Waals surface area contributed by atoms with Gasteiger partial charge in [-0.2, -0.15) is 0 Å². The van der Waals surface area contributed by atoms with Crippen LogP contribution >= 0.6 is 0 Å². The second-order valence-corrected chi connectivity index (χ2v) is 4.62. The first-order valence-electron chi connectivity index (χ1n) is 6.26. The van der Waals surface area contributed by atoms with Crippen molar-refractivity contribution in [3.05, 3.63) is 36.0 Å². The third kappa shape index (κ3) is 1.78. The van der Waals surface area contributed by atoms with E-state index in [1.807, 2.05) is 42.1 Å². The molecule has 0 radical (unpaired) electrons. The number of amides is 1. The van der Waals surface area contributed by atoms with Crippen LogP contribution in [0.3, 0.4) is 0 Å². The number of benzene rings is 1. The zero-order valence-corrected chi connectivity index (χ0v) is 10.4. The number of para-hydroxylation sites is 1. The number of hydrogen-bond donors (Lipinski definition) is 0. The van der Waals surface area contributed by atoms with Gasteiger partial charge in [0.25, 0.3) is 5.91 Å². The number of hydroxylamine groups is 2. The number of rotatable bonds is 1. The van der Waals surface area contributed by atoms with Crippen molar-refractivity contribution in [3.8, 4) is 0 Å². The molecule has 2 aromatic rings. The van der Waals surface area contributed by atoms with E-state index in [-0.39, 0.29) is 5.91 Å². The van der Waals surface area contributed by atoms with E-state index in [1.54, 1.807) is 0 Å². The molecule has 1 aromatic carbocycles. The molecule has 0 bridgehead atoms. The Bertz CT molecular complexity index is 582. The lowest BCUT2D eigenvalue weighted by Gasteiger charge is -2.25. The number of carbonyl (C=O) groups excluding carboxylic acids is 1. The summed E-state index contributed by atoms with van der Waals surface area (Å²) in [6.07, 6.45) is 3.92. The largest absolute Gasteiger partial charge is 0.350 e. The fourth-order valence-electron chi connectivity index (χ4n) is 2.40. The second kappa shape index (κ2) is 4.46. The van der Waals surface area contributed by atoms with Gasteiger partial charge in [0.1, 0.15) is 0 Å². The van der Waals surface area contributed by atoms with Gasteiger partial charge >= 0.3 is 0 Å². The summed E-state index contributed by atoms with van der Waals surface area (Å²) in [5, 5.41) is 2.48. The first kappa shape index (κ1) is 11.3. The van der Waals surface area contributed by atoms with Crippen LogP contribution in [-0.2, 0) is 11.9 Å². The van der Waals surface area contributed by atoms with Crippen LogP contribution < -0.4 is 0 Å². The Hall–Kier alpha value is -1.81. The lowest BCUT2D eigenvalue weighted by Crippen LogP contribution is -2.35. The van der Waals surface area contributed by atoms with E-state index in [4.69, 9.17) is 4.84 Å². The maximum atomic E-state index is 12.4. The predicted octanol–water partition coefficient (Wildman–Crippen LogP) is 2.35. The van der Waals surface area contributed by atoms with E-state index in [2.05, 4.69) is 0 Å². The number of aromatic nitrogens is 1. The summed E-state index contributed by atoms with van der Waals surface area (Å²) < 4.78 is 1.98. The molecule has 0 atom stereocenters. The van der Waals surface area contributed by atoms with E-state index in [1.165, 1.54) is 5.06 Å². The highest BCUT2D eigenvalue weighted by Gasteiger charge is 2.22. The number of nitrogens with zero attached hydrogens (tertiary/aromatic N) is 2. The SMILES string of the molecule is Cn1cc(C(=O)N2CCCCO2)c2ccccc21. The highest BCUT2D eigenvalue weighted by atomic mass is 16.7. The zero-order chi connectivity index (χ0) is 12.5. The molecule has 94 valence electrons. The van der Waals surface area contributed by atoms with Gasteiger partial charge in [-0.1, -0.05) is 18.2 Å². The lowest BCUT2D eigenvalue weighted by atomic mass is 10.1. The van der Waals surface area contributed by atoms with Gasteiger partial charge in [-0.3, -0.25) is 9.63 Å².